The van der Waals surface area contributed by atoms with Crippen LogP contribution in [0, 0.1) is 96.6 Å². The molecular weight excluding hydrogens is 981 g/mol. The Morgan fingerprint density at radius 2 is 0.654 bits per heavy atom. The first-order chi connectivity index (χ1) is 47.5. The Kier molecular flexibility index (Phi) is 13.9. The zero-order valence-electron chi connectivity index (χ0n) is 77.2. The number of hydrogen-bond acceptors (Lipinski definition) is 0. The van der Waals surface area contributed by atoms with Crippen molar-refractivity contribution >= 4 is 0 Å². The lowest BCUT2D eigenvalue weighted by Crippen LogP contribution is -2.31. The highest BCUT2D eigenvalue weighted by Gasteiger charge is 2.20. The van der Waals surface area contributed by atoms with Crippen LogP contribution in [0.4, 0.5) is 0 Å². The van der Waals surface area contributed by atoms with Crippen LogP contribution in [-0.2, 0) is 28.2 Å². The molecule has 4 heterocycles. The van der Waals surface area contributed by atoms with Gasteiger partial charge in [0, 0.05) is 108 Å². The first kappa shape index (κ1) is 37.6. The maximum atomic E-state index is 8.39. The number of rotatable bonds is 8. The van der Waals surface area contributed by atoms with E-state index in [-0.39, 0.29) is 22.3 Å². The van der Waals surface area contributed by atoms with E-state index < -0.39 is 78.4 Å². The van der Waals surface area contributed by atoms with Crippen molar-refractivity contribution < 1.29 is 56.6 Å². The van der Waals surface area contributed by atoms with Crippen molar-refractivity contribution in [3.63, 3.8) is 0 Å². The van der Waals surface area contributed by atoms with Crippen LogP contribution < -0.4 is 18.3 Å². The number of aromatic nitrogens is 4. The van der Waals surface area contributed by atoms with Crippen molar-refractivity contribution in [2.75, 3.05) is 0 Å². The van der Waals surface area contributed by atoms with Crippen LogP contribution in [0.1, 0.15) is 239 Å². The lowest BCUT2D eigenvalue weighted by Gasteiger charge is -2.14. The summed E-state index contributed by atoms with van der Waals surface area (Å²) in [6.45, 7) is 5.26. The van der Waals surface area contributed by atoms with Gasteiger partial charge >= 0.3 is 0 Å². The fourth-order valence-electron chi connectivity index (χ4n) is 9.39. The molecule has 0 amide bonds. The van der Waals surface area contributed by atoms with E-state index in [0.29, 0.717) is 72.3 Å². The summed E-state index contributed by atoms with van der Waals surface area (Å²) in [5.74, 6) is -6.90. The first-order valence-corrected chi connectivity index (χ1v) is 26.0. The predicted octanol–water partition coefficient (Wildman–Crippen LogP) is 19.4. The molecule has 0 radical (unpaired) electrons. The summed E-state index contributed by atoms with van der Waals surface area (Å²) in [5, 5.41) is 0. The largest absolute Gasteiger partial charge is 0.212 e. The van der Waals surface area contributed by atoms with Gasteiger partial charge in [0.2, 0.25) is 22.8 Å². The molecule has 8 rings (SSSR count). The highest BCUT2D eigenvalue weighted by molar-refractivity contribution is 5.67. The van der Waals surface area contributed by atoms with Gasteiger partial charge in [0.15, 0.2) is 24.8 Å². The van der Waals surface area contributed by atoms with E-state index in [9.17, 15) is 0 Å². The third kappa shape index (κ3) is 17.3. The van der Waals surface area contributed by atoms with Gasteiger partial charge in [-0.25, -0.2) is 18.3 Å². The van der Waals surface area contributed by atoms with E-state index >= 15 is 0 Å². The summed E-state index contributed by atoms with van der Waals surface area (Å²) >= 11 is 0. The first-order valence-electron chi connectivity index (χ1n) is 40.0. The number of aryl methyl sites for hydroxylation is 18. The molecule has 0 aliphatic rings. The molecule has 4 aromatic carbocycles. The Hall–Kier alpha value is -6.52. The molecule has 0 N–H and O–H groups in total. The van der Waals surface area contributed by atoms with E-state index in [4.69, 9.17) is 38.4 Å². The maximum Gasteiger partial charge on any atom is 0.212 e. The molecule has 0 fully saturated rings. The molecule has 0 saturated carbocycles. The minimum Gasteiger partial charge on any atom is -0.201 e. The third-order valence-corrected chi connectivity index (χ3v) is 14.3. The second-order valence-electron chi connectivity index (χ2n) is 21.0. The molecule has 0 saturated heterocycles. The standard InChI is InChI=1S/C20H28N.C19H26N.C18H24N.C17H22N.3CH4/c1-13(2)17-8-9-20(21(7)12-17)19-11-15(5)18(14(3)4)10-16(19)6;1-12(2)17-8-15(5)18(9-14(17)4)19-10-13(3)16(6)11-20(19)7;1-12(2)16-7-8-19(6)18(11-16)17-10-14(4)13(3)9-15(17)5;1-11-7-14(4)16(8-12(11)2)17-9-13(3)15(5)10-18(17)6;;;/h8-14H,1-7H3;8-12H,1-7H3;7-12H,1-6H3;7-10H,1-6H3;3*1H4/q4*+1;;;/i1D3,3D3,13D,14D;1D3,6D3,12D;1D3,3D3,12D;1D3,5D3;;;. The molecule has 81 heavy (non-hydrogen) atoms. The van der Waals surface area contributed by atoms with Crippen LogP contribution in [0.3, 0.4) is 0 Å². The Morgan fingerprint density at radius 3 is 1.05 bits per heavy atom. The maximum absolute atomic E-state index is 8.39. The average Bonchev–Trinajstić information content (AvgIpc) is 0.771. The minimum atomic E-state index is -2.46. The van der Waals surface area contributed by atoms with E-state index in [1.54, 1.807) is 150 Å². The van der Waals surface area contributed by atoms with Gasteiger partial charge in [0.25, 0.3) is 0 Å². The second kappa shape index (κ2) is 30.0. The molecule has 0 aliphatic carbocycles. The summed E-state index contributed by atoms with van der Waals surface area (Å²) in [5.41, 5.74) is 17.2. The molecule has 4 unspecified atom stereocenters. The highest BCUT2D eigenvalue weighted by atomic mass is 14.9. The van der Waals surface area contributed by atoms with Crippen molar-refractivity contribution in [2.45, 2.75) is 198 Å². The van der Waals surface area contributed by atoms with Crippen LogP contribution in [-0.4, -0.2) is 0 Å². The van der Waals surface area contributed by atoms with Crippen LogP contribution >= 0.6 is 0 Å². The molecule has 4 aromatic heterocycles. The summed E-state index contributed by atoms with van der Waals surface area (Å²) in [6, 6.07) is 24.7. The minimum absolute atomic E-state index is 0. The van der Waals surface area contributed by atoms with Crippen molar-refractivity contribution in [3.8, 4) is 45.0 Å². The van der Waals surface area contributed by atoms with Crippen LogP contribution in [0.2, 0.25) is 0 Å². The summed E-state index contributed by atoms with van der Waals surface area (Å²) in [7, 11) is 7.22. The van der Waals surface area contributed by atoms with Crippen LogP contribution in [0.5, 0.6) is 0 Å². The molecule has 0 bridgehead atoms. The zero-order chi connectivity index (χ0) is 82.0. The van der Waals surface area contributed by atoms with Gasteiger partial charge in [0.1, 0.15) is 28.2 Å². The Bertz CT molecular complexity index is 4510. The van der Waals surface area contributed by atoms with E-state index in [0.717, 1.165) is 72.8 Å². The van der Waals surface area contributed by atoms with Crippen molar-refractivity contribution in [2.24, 2.45) is 28.2 Å². The summed E-state index contributed by atoms with van der Waals surface area (Å²) in [6.07, 6.45) is 6.63. The number of benzene rings is 4. The molecule has 436 valence electrons. The molecule has 4 heteroatoms. The fourth-order valence-corrected chi connectivity index (χ4v) is 9.39. The quantitative estimate of drug-likeness (QED) is 0.135. The van der Waals surface area contributed by atoms with Crippen LogP contribution in [0.25, 0.3) is 45.0 Å². The van der Waals surface area contributed by atoms with Gasteiger partial charge in [-0.1, -0.05) is 102 Å². The molecule has 8 aromatic rings. The van der Waals surface area contributed by atoms with Crippen molar-refractivity contribution in [3.05, 3.63) is 210 Å². The monoisotopic (exact) mass is 1120 g/mol. The number of pyridine rings is 4. The van der Waals surface area contributed by atoms with E-state index in [1.165, 1.54) is 27.7 Å². The number of nitrogens with zero attached hydrogens (tertiary/aromatic N) is 4. The van der Waals surface area contributed by atoms with Gasteiger partial charge in [-0.15, -0.1) is 0 Å². The molecule has 0 spiro atoms. The highest BCUT2D eigenvalue weighted by Crippen LogP contribution is 2.32. The Balaban J connectivity index is 0.000000490. The smallest absolute Gasteiger partial charge is 0.201 e. The van der Waals surface area contributed by atoms with Gasteiger partial charge in [-0.2, -0.15) is 0 Å². The van der Waals surface area contributed by atoms with Crippen molar-refractivity contribution in [1.82, 2.24) is 0 Å². The van der Waals surface area contributed by atoms with Crippen LogP contribution in [0.15, 0.2) is 110 Å². The predicted molar refractivity (Wildman–Crippen MR) is 355 cm³/mol. The normalized spacial score (nSPS) is 20.0. The molecule has 0 aliphatic heterocycles. The van der Waals surface area contributed by atoms with Gasteiger partial charge in [-0.3, -0.25) is 0 Å². The van der Waals surface area contributed by atoms with E-state index in [2.05, 4.69) is 0 Å². The topological polar surface area (TPSA) is 15.5 Å². The molecule has 4 atom stereocenters. The summed E-state index contributed by atoms with van der Waals surface area (Å²) < 4.78 is 224. The number of hydrogen-bond donors (Lipinski definition) is 0. The molecular formula is C77H112N4+4. The average molecular weight is 1120 g/mol. The fraction of sp³-hybridized carbons (Fsp3) is 0.429. The van der Waals surface area contributed by atoms with Gasteiger partial charge < -0.3 is 0 Å². The SMILES string of the molecule is C.C.C.[2H]C([2H])([2H])C([2H])(C)c1ccc(-c2cc(C)c(C([2H])(C)C([2H])([2H])[2H])cc2C)[n+](C)c1.[2H]C([2H])([2H])c1c[n+](C)c(-c2cc(C)c(C([2H])(C)C([2H])([2H])[2H])cc2C)cc1C.[2H]C([2H])([2H])c1cc(C)c(-c2cc(C([2H])(C)C([2H])([2H])[2H])cc[n+]2C)cc1C.[2H]C([2H])([2H])c1cc(C)c(-c2cc(C)c(C([2H])([2H])[2H])c[n+]2C)cc1C. The van der Waals surface area contributed by atoms with Gasteiger partial charge in [-0.05, 0) is 234 Å². The zero-order valence-corrected chi connectivity index (χ0v) is 49.2. The Morgan fingerprint density at radius 1 is 0.309 bits per heavy atom. The van der Waals surface area contributed by atoms with E-state index in [1.807, 2.05) is 75.7 Å². The summed E-state index contributed by atoms with van der Waals surface area (Å²) in [4.78, 5) is 0. The second-order valence-corrected chi connectivity index (χ2v) is 21.0. The van der Waals surface area contributed by atoms with Gasteiger partial charge in [0.05, 0.1) is 0 Å². The van der Waals surface area contributed by atoms with Crippen molar-refractivity contribution in [1.29, 1.82) is 0 Å². The molecule has 4 nitrogen and oxygen atoms in total. The lowest BCUT2D eigenvalue weighted by atomic mass is 9.91. The Labute approximate surface area is 536 Å². The third-order valence-electron chi connectivity index (χ3n) is 14.3. The lowest BCUT2D eigenvalue weighted by molar-refractivity contribution is -0.661.